The molecule has 1 aromatic carbocycles. The van der Waals surface area contributed by atoms with Crippen LogP contribution in [0.2, 0.25) is 0 Å². The molecule has 1 N–H and O–H groups in total. The minimum atomic E-state index is -3.44. The molecule has 6 heteroatoms. The van der Waals surface area contributed by atoms with Gasteiger partial charge in [0, 0.05) is 24.7 Å². The van der Waals surface area contributed by atoms with Gasteiger partial charge in [0.2, 0.25) is 10.0 Å². The van der Waals surface area contributed by atoms with Crippen LogP contribution in [0, 0.1) is 11.8 Å². The first-order valence-corrected chi connectivity index (χ1v) is 8.65. The van der Waals surface area contributed by atoms with Gasteiger partial charge in [-0.15, -0.1) is 0 Å². The van der Waals surface area contributed by atoms with Crippen molar-refractivity contribution in [2.45, 2.75) is 4.90 Å². The van der Waals surface area contributed by atoms with Crippen LogP contribution in [0.1, 0.15) is 0 Å². The molecule has 2 aromatic rings. The Labute approximate surface area is 124 Å². The van der Waals surface area contributed by atoms with E-state index in [1.165, 1.54) is 0 Å². The third-order valence-corrected chi connectivity index (χ3v) is 6.47. The summed E-state index contributed by atoms with van der Waals surface area (Å²) in [6, 6.07) is 8.90. The van der Waals surface area contributed by atoms with E-state index in [4.69, 9.17) is 0 Å². The lowest BCUT2D eigenvalue weighted by molar-refractivity contribution is 0.448. The molecule has 2 atom stereocenters. The second-order valence-electron chi connectivity index (χ2n) is 5.83. The first-order valence-electron chi connectivity index (χ1n) is 7.21. The minimum Gasteiger partial charge on any atom is -0.316 e. The molecule has 1 aromatic heterocycles. The Morgan fingerprint density at radius 2 is 1.86 bits per heavy atom. The van der Waals surface area contributed by atoms with Crippen molar-refractivity contribution in [3.05, 3.63) is 36.5 Å². The molecule has 0 radical (unpaired) electrons. The number of pyridine rings is 1. The zero-order valence-electron chi connectivity index (χ0n) is 11.6. The summed E-state index contributed by atoms with van der Waals surface area (Å²) in [7, 11) is -3.44. The van der Waals surface area contributed by atoms with Crippen LogP contribution in [0.4, 0.5) is 0 Å². The van der Waals surface area contributed by atoms with Gasteiger partial charge in [-0.1, -0.05) is 6.07 Å². The van der Waals surface area contributed by atoms with Gasteiger partial charge in [0.25, 0.3) is 0 Å². The Kier molecular flexibility index (Phi) is 2.99. The fourth-order valence-electron chi connectivity index (χ4n) is 3.45. The van der Waals surface area contributed by atoms with E-state index < -0.39 is 10.0 Å². The smallest absolute Gasteiger partial charge is 0.243 e. The van der Waals surface area contributed by atoms with Crippen LogP contribution in [-0.4, -0.2) is 43.9 Å². The van der Waals surface area contributed by atoms with Gasteiger partial charge in [0.1, 0.15) is 0 Å². The number of nitrogens with zero attached hydrogens (tertiary/aromatic N) is 2. The van der Waals surface area contributed by atoms with Crippen molar-refractivity contribution < 1.29 is 8.42 Å². The third kappa shape index (κ3) is 2.06. The zero-order chi connectivity index (χ0) is 14.4. The van der Waals surface area contributed by atoms with E-state index in [0.717, 1.165) is 18.6 Å². The fraction of sp³-hybridized carbons (Fsp3) is 0.400. The zero-order valence-corrected chi connectivity index (χ0v) is 12.4. The first-order chi connectivity index (χ1) is 10.2. The van der Waals surface area contributed by atoms with E-state index in [1.807, 2.05) is 12.1 Å². The van der Waals surface area contributed by atoms with Crippen LogP contribution in [-0.2, 0) is 10.0 Å². The molecule has 110 valence electrons. The van der Waals surface area contributed by atoms with Crippen molar-refractivity contribution in [1.29, 1.82) is 0 Å². The van der Waals surface area contributed by atoms with Crippen LogP contribution in [0.3, 0.4) is 0 Å². The molecule has 2 saturated heterocycles. The number of benzene rings is 1. The van der Waals surface area contributed by atoms with E-state index in [0.29, 0.717) is 35.2 Å². The van der Waals surface area contributed by atoms with Gasteiger partial charge >= 0.3 is 0 Å². The number of sulfonamides is 1. The predicted molar refractivity (Wildman–Crippen MR) is 80.4 cm³/mol. The molecule has 2 aliphatic heterocycles. The van der Waals surface area contributed by atoms with Crippen LogP contribution in [0.5, 0.6) is 0 Å². The van der Waals surface area contributed by atoms with E-state index in [-0.39, 0.29) is 0 Å². The highest BCUT2D eigenvalue weighted by atomic mass is 32.2. The largest absolute Gasteiger partial charge is 0.316 e. The predicted octanol–water partition coefficient (Wildman–Crippen LogP) is 1.07. The van der Waals surface area contributed by atoms with E-state index in [2.05, 4.69) is 10.3 Å². The first kappa shape index (κ1) is 13.2. The summed E-state index contributed by atoms with van der Waals surface area (Å²) in [6.07, 6.45) is 1.69. The van der Waals surface area contributed by atoms with Crippen molar-refractivity contribution in [2.75, 3.05) is 26.2 Å². The number of hydrogen-bond donors (Lipinski definition) is 1. The van der Waals surface area contributed by atoms with E-state index in [9.17, 15) is 8.42 Å². The lowest BCUT2D eigenvalue weighted by Crippen LogP contribution is -2.32. The maximum Gasteiger partial charge on any atom is 0.243 e. The van der Waals surface area contributed by atoms with Crippen molar-refractivity contribution in [1.82, 2.24) is 14.6 Å². The average molecular weight is 303 g/mol. The molecule has 4 rings (SSSR count). The van der Waals surface area contributed by atoms with E-state index >= 15 is 0 Å². The van der Waals surface area contributed by atoms with Gasteiger partial charge < -0.3 is 5.32 Å². The molecular weight excluding hydrogens is 286 g/mol. The van der Waals surface area contributed by atoms with E-state index in [1.54, 1.807) is 28.7 Å². The van der Waals surface area contributed by atoms with Gasteiger partial charge in [-0.25, -0.2) is 8.42 Å². The van der Waals surface area contributed by atoms with Crippen LogP contribution in [0.15, 0.2) is 41.4 Å². The van der Waals surface area contributed by atoms with Gasteiger partial charge in [-0.2, -0.15) is 4.31 Å². The molecule has 5 nitrogen and oxygen atoms in total. The highest BCUT2D eigenvalue weighted by Gasteiger charge is 2.41. The number of nitrogens with one attached hydrogen (secondary N) is 1. The van der Waals surface area contributed by atoms with Crippen molar-refractivity contribution >= 4 is 20.9 Å². The SMILES string of the molecule is O=S(=O)(c1cccc2ncccc12)N1C[C@H]2CNC[C@H]2C1. The molecule has 2 fully saturated rings. The second-order valence-corrected chi connectivity index (χ2v) is 7.73. The minimum absolute atomic E-state index is 0.376. The quantitative estimate of drug-likeness (QED) is 0.901. The molecule has 0 aliphatic carbocycles. The summed E-state index contributed by atoms with van der Waals surface area (Å²) >= 11 is 0. The maximum absolute atomic E-state index is 13.0. The third-order valence-electron chi connectivity index (χ3n) is 4.58. The summed E-state index contributed by atoms with van der Waals surface area (Å²) in [4.78, 5) is 4.62. The molecule has 21 heavy (non-hydrogen) atoms. The van der Waals surface area contributed by atoms with Gasteiger partial charge in [-0.3, -0.25) is 4.98 Å². The Morgan fingerprint density at radius 3 is 2.62 bits per heavy atom. The van der Waals surface area contributed by atoms with Crippen molar-refractivity contribution in [3.8, 4) is 0 Å². The monoisotopic (exact) mass is 303 g/mol. The number of aromatic nitrogens is 1. The normalized spacial score (nSPS) is 26.3. The van der Waals surface area contributed by atoms with Crippen molar-refractivity contribution in [2.24, 2.45) is 11.8 Å². The second kappa shape index (κ2) is 4.76. The van der Waals surface area contributed by atoms with Gasteiger partial charge in [0.15, 0.2) is 0 Å². The fourth-order valence-corrected chi connectivity index (χ4v) is 5.20. The summed E-state index contributed by atoms with van der Waals surface area (Å²) in [5.41, 5.74) is 0.722. The number of rotatable bonds is 2. The highest BCUT2D eigenvalue weighted by Crippen LogP contribution is 2.32. The summed E-state index contributed by atoms with van der Waals surface area (Å²) < 4.78 is 27.6. The van der Waals surface area contributed by atoms with Crippen LogP contribution in [0.25, 0.3) is 10.9 Å². The number of hydrogen-bond acceptors (Lipinski definition) is 4. The summed E-state index contributed by atoms with van der Waals surface area (Å²) in [6.45, 7) is 3.09. The Hall–Kier alpha value is -1.50. The molecule has 0 bridgehead atoms. The molecule has 3 heterocycles. The maximum atomic E-state index is 13.0. The average Bonchev–Trinajstić information content (AvgIpc) is 3.08. The molecule has 2 aliphatic rings. The highest BCUT2D eigenvalue weighted by molar-refractivity contribution is 7.89. The number of fused-ring (bicyclic) bond motifs is 2. The van der Waals surface area contributed by atoms with Gasteiger partial charge in [-0.05, 0) is 49.2 Å². The Morgan fingerprint density at radius 1 is 1.10 bits per heavy atom. The Balaban J connectivity index is 1.77. The molecule has 0 spiro atoms. The Bertz CT molecular complexity index is 773. The van der Waals surface area contributed by atoms with Crippen molar-refractivity contribution in [3.63, 3.8) is 0 Å². The van der Waals surface area contributed by atoms with Crippen LogP contribution >= 0.6 is 0 Å². The molecular formula is C15H17N3O2S. The lowest BCUT2D eigenvalue weighted by atomic mass is 10.0. The van der Waals surface area contributed by atoms with Crippen LogP contribution < -0.4 is 5.32 Å². The summed E-state index contributed by atoms with van der Waals surface area (Å²) in [5.74, 6) is 0.903. The summed E-state index contributed by atoms with van der Waals surface area (Å²) in [5, 5.41) is 4.04. The lowest BCUT2D eigenvalue weighted by Gasteiger charge is -2.18. The molecule has 0 unspecified atom stereocenters. The van der Waals surface area contributed by atoms with Gasteiger partial charge in [0.05, 0.1) is 10.4 Å². The standard InChI is InChI=1S/C15H17N3O2S/c19-21(20,18-9-11-7-16-8-12(11)10-18)15-5-1-4-14-13(15)3-2-6-17-14/h1-6,11-12,16H,7-10H2/t11-,12+. The topological polar surface area (TPSA) is 62.3 Å². The molecule has 0 amide bonds. The molecule has 0 saturated carbocycles.